The van der Waals surface area contributed by atoms with Gasteiger partial charge < -0.3 is 17.1 Å². The lowest BCUT2D eigenvalue weighted by atomic mass is 10.1. The zero-order chi connectivity index (χ0) is 9.68. The first kappa shape index (κ1) is 12.9. The molecule has 0 unspecified atom stereocenters. The summed E-state index contributed by atoms with van der Waals surface area (Å²) in [6.45, 7) is 2.44. The highest BCUT2D eigenvalue weighted by molar-refractivity contribution is 5.72. The highest BCUT2D eigenvalue weighted by Crippen LogP contribution is 2.03. The second-order valence-corrected chi connectivity index (χ2v) is 2.70. The summed E-state index contributed by atoms with van der Waals surface area (Å²) < 4.78 is 17.6. The molecule has 0 saturated heterocycles. The number of hydrogen-bond donors (Lipinski definition) is 1. The van der Waals surface area contributed by atoms with Crippen LogP contribution in [0.15, 0.2) is 24.3 Å². The molecule has 0 bridgehead atoms. The van der Waals surface area contributed by atoms with Crippen LogP contribution >= 0.6 is 0 Å². The Bertz CT molecular complexity index is 287. The first-order chi connectivity index (χ1) is 6.22. The van der Waals surface area contributed by atoms with Crippen LogP contribution in [-0.4, -0.2) is 12.5 Å². The van der Waals surface area contributed by atoms with E-state index < -0.39 is 0 Å². The Morgan fingerprint density at radius 2 is 1.93 bits per heavy atom. The molecule has 78 valence electrons. The van der Waals surface area contributed by atoms with E-state index in [9.17, 15) is 4.39 Å². The number of rotatable bonds is 3. The lowest BCUT2D eigenvalue weighted by molar-refractivity contribution is -0.142. The Labute approximate surface area is 89.0 Å². The van der Waals surface area contributed by atoms with Gasteiger partial charge in [0.15, 0.2) is 0 Å². The average molecular weight is 218 g/mol. The normalized spacial score (nSPS) is 9.00. The summed E-state index contributed by atoms with van der Waals surface area (Å²) in [5, 5.41) is 5.55. The second kappa shape index (κ2) is 6.38. The summed E-state index contributed by atoms with van der Waals surface area (Å²) in [5.41, 5.74) is 0.951. The predicted molar refractivity (Wildman–Crippen MR) is 48.7 cm³/mol. The number of halogens is 2. The minimum atomic E-state index is -0.237. The van der Waals surface area contributed by atoms with Gasteiger partial charge in [-0.2, -0.15) is 0 Å². The van der Waals surface area contributed by atoms with E-state index in [1.54, 1.807) is 12.1 Å². The molecule has 0 aromatic heterocycles. The van der Waals surface area contributed by atoms with Gasteiger partial charge in [-0.3, -0.25) is 0 Å². The van der Waals surface area contributed by atoms with Crippen molar-refractivity contribution in [1.29, 1.82) is 0 Å². The zero-order valence-corrected chi connectivity index (χ0v) is 8.72. The molecule has 0 heterocycles. The molecule has 4 heteroatoms. The van der Waals surface area contributed by atoms with Gasteiger partial charge in [0.25, 0.3) is 0 Å². The molecule has 14 heavy (non-hydrogen) atoms. The van der Waals surface area contributed by atoms with Crippen LogP contribution < -0.4 is 17.8 Å². The summed E-state index contributed by atoms with van der Waals surface area (Å²) in [5.74, 6) is 0.229. The van der Waals surface area contributed by atoms with Crippen LogP contribution in [0.4, 0.5) is 4.39 Å². The van der Waals surface area contributed by atoms with Gasteiger partial charge >= 0.3 is 5.90 Å². The summed E-state index contributed by atoms with van der Waals surface area (Å²) in [4.78, 5) is 0. The summed E-state index contributed by atoms with van der Waals surface area (Å²) in [6, 6.07) is 6.21. The molecule has 0 fully saturated rings. The lowest BCUT2D eigenvalue weighted by Crippen LogP contribution is -3.00. The second-order valence-electron chi connectivity index (χ2n) is 2.70. The van der Waals surface area contributed by atoms with Crippen molar-refractivity contribution in [1.82, 2.24) is 0 Å². The maximum Gasteiger partial charge on any atom is 0.337 e. The van der Waals surface area contributed by atoms with Crippen LogP contribution in [0.2, 0.25) is 0 Å². The largest absolute Gasteiger partial charge is 1.00 e. The van der Waals surface area contributed by atoms with Gasteiger partial charge in [-0.15, -0.1) is 0 Å². The van der Waals surface area contributed by atoms with Crippen molar-refractivity contribution in [2.24, 2.45) is 0 Å². The average Bonchev–Trinajstić information content (AvgIpc) is 2.09. The monoisotopic (exact) mass is 217 g/mol. The molecule has 1 aromatic carbocycles. The van der Waals surface area contributed by atoms with Gasteiger partial charge in [0.05, 0.1) is 13.0 Å². The fourth-order valence-electron chi connectivity index (χ4n) is 1.04. The van der Waals surface area contributed by atoms with E-state index in [4.69, 9.17) is 10.1 Å². The van der Waals surface area contributed by atoms with Crippen LogP contribution in [0.5, 0.6) is 0 Å². The molecule has 0 saturated carbocycles. The van der Waals surface area contributed by atoms with Crippen molar-refractivity contribution in [2.45, 2.75) is 13.3 Å². The molecule has 0 aliphatic rings. The molecule has 0 aliphatic carbocycles. The SMILES string of the molecule is CCOC(=[NH2+])Cc1ccc(F)cc1.[Cl-]. The minimum absolute atomic E-state index is 0. The number of ether oxygens (including phenoxy) is 1. The molecular formula is C10H13ClFNO. The Morgan fingerprint density at radius 1 is 1.36 bits per heavy atom. The van der Waals surface area contributed by atoms with Gasteiger partial charge in [0.1, 0.15) is 5.82 Å². The van der Waals surface area contributed by atoms with Crippen LogP contribution in [0.1, 0.15) is 12.5 Å². The summed E-state index contributed by atoms with van der Waals surface area (Å²) >= 11 is 0. The van der Waals surface area contributed by atoms with E-state index in [-0.39, 0.29) is 18.2 Å². The highest BCUT2D eigenvalue weighted by atomic mass is 35.5. The van der Waals surface area contributed by atoms with E-state index in [1.807, 2.05) is 6.92 Å². The van der Waals surface area contributed by atoms with Crippen molar-refractivity contribution >= 4 is 5.90 Å². The third-order valence-corrected chi connectivity index (χ3v) is 1.62. The fourth-order valence-corrected chi connectivity index (χ4v) is 1.04. The smallest absolute Gasteiger partial charge is 0.337 e. The van der Waals surface area contributed by atoms with Gasteiger partial charge in [0.2, 0.25) is 0 Å². The molecule has 0 spiro atoms. The van der Waals surface area contributed by atoms with Crippen LogP contribution in [0.3, 0.4) is 0 Å². The third-order valence-electron chi connectivity index (χ3n) is 1.62. The molecule has 0 aliphatic heterocycles. The maximum absolute atomic E-state index is 12.5. The van der Waals surface area contributed by atoms with Gasteiger partial charge in [0, 0.05) is 0 Å². The number of hydrogen-bond acceptors (Lipinski definition) is 1. The minimum Gasteiger partial charge on any atom is -1.00 e. The Hall–Kier alpha value is -1.09. The zero-order valence-electron chi connectivity index (χ0n) is 7.97. The third kappa shape index (κ3) is 4.23. The molecule has 1 aromatic rings. The van der Waals surface area contributed by atoms with E-state index in [1.165, 1.54) is 12.1 Å². The topological polar surface area (TPSA) is 34.8 Å². The summed E-state index contributed by atoms with van der Waals surface area (Å²) in [7, 11) is 0. The molecule has 1 rings (SSSR count). The molecule has 2 nitrogen and oxygen atoms in total. The first-order valence-electron chi connectivity index (χ1n) is 4.21. The van der Waals surface area contributed by atoms with E-state index in [0.29, 0.717) is 18.9 Å². The molecule has 0 atom stereocenters. The Morgan fingerprint density at radius 3 is 2.43 bits per heavy atom. The summed E-state index contributed by atoms with van der Waals surface area (Å²) in [6.07, 6.45) is 0.536. The first-order valence-corrected chi connectivity index (χ1v) is 4.21. The van der Waals surface area contributed by atoms with E-state index in [2.05, 4.69) is 0 Å². The van der Waals surface area contributed by atoms with Crippen molar-refractivity contribution in [2.75, 3.05) is 6.61 Å². The van der Waals surface area contributed by atoms with Crippen molar-refractivity contribution in [3.05, 3.63) is 35.6 Å². The standard InChI is InChI=1S/C10H12FNO.ClH/c1-2-13-10(12)7-8-3-5-9(11)6-4-8;/h3-6,12H,2,7H2,1H3;1H. The predicted octanol–water partition coefficient (Wildman–Crippen LogP) is -2.43. The van der Waals surface area contributed by atoms with Gasteiger partial charge in [-0.25, -0.2) is 9.80 Å². The fraction of sp³-hybridized carbons (Fsp3) is 0.300. The number of nitrogens with two attached hydrogens (primary N) is 1. The quantitative estimate of drug-likeness (QED) is 0.444. The molecule has 2 N–H and O–H groups in total. The van der Waals surface area contributed by atoms with E-state index >= 15 is 0 Å². The van der Waals surface area contributed by atoms with Crippen molar-refractivity contribution in [3.8, 4) is 0 Å². The van der Waals surface area contributed by atoms with Crippen LogP contribution in [-0.2, 0) is 11.2 Å². The van der Waals surface area contributed by atoms with Crippen molar-refractivity contribution in [3.63, 3.8) is 0 Å². The maximum atomic E-state index is 12.5. The number of benzene rings is 1. The molecule has 0 amide bonds. The Balaban J connectivity index is 0.00000169. The van der Waals surface area contributed by atoms with Gasteiger partial charge in [-0.05, 0) is 24.6 Å². The van der Waals surface area contributed by atoms with Crippen LogP contribution in [0, 0.1) is 5.82 Å². The molecule has 0 radical (unpaired) electrons. The molecular weight excluding hydrogens is 205 g/mol. The van der Waals surface area contributed by atoms with Crippen molar-refractivity contribution < 1.29 is 26.9 Å². The van der Waals surface area contributed by atoms with Gasteiger partial charge in [-0.1, -0.05) is 12.1 Å². The van der Waals surface area contributed by atoms with Crippen LogP contribution in [0.25, 0.3) is 0 Å². The highest BCUT2D eigenvalue weighted by Gasteiger charge is 2.04. The lowest BCUT2D eigenvalue weighted by Gasteiger charge is -1.99. The Kier molecular flexibility index (Phi) is 5.88. The van der Waals surface area contributed by atoms with E-state index in [0.717, 1.165) is 5.56 Å².